The Morgan fingerprint density at radius 2 is 1.71 bits per heavy atom. The van der Waals surface area contributed by atoms with E-state index < -0.39 is 46.1 Å². The van der Waals surface area contributed by atoms with Crippen LogP contribution in [0, 0.1) is 45.3 Å². The van der Waals surface area contributed by atoms with E-state index in [-0.39, 0.29) is 29.0 Å². The number of carbonyl (C=O) groups excluding carboxylic acids is 1. The highest BCUT2D eigenvalue weighted by Crippen LogP contribution is 2.75. The first-order valence-corrected chi connectivity index (χ1v) is 13.9. The molecule has 0 spiro atoms. The minimum atomic E-state index is -1.05. The van der Waals surface area contributed by atoms with E-state index in [1.165, 1.54) is 5.57 Å². The lowest BCUT2D eigenvalue weighted by molar-refractivity contribution is -0.262. The van der Waals surface area contributed by atoms with Crippen molar-refractivity contribution in [2.24, 2.45) is 45.3 Å². The lowest BCUT2D eigenvalue weighted by Gasteiger charge is -2.70. The van der Waals surface area contributed by atoms with E-state index in [1.54, 1.807) is 0 Å². The van der Waals surface area contributed by atoms with Gasteiger partial charge in [-0.2, -0.15) is 0 Å². The zero-order chi connectivity index (χ0) is 26.4. The molecule has 4 aliphatic carbocycles. The molecule has 0 radical (unpaired) electrons. The molecule has 0 unspecified atom stereocenters. The number of ketones is 1. The van der Waals surface area contributed by atoms with Gasteiger partial charge in [-0.1, -0.05) is 46.3 Å². The number of aliphatic hydroxyl groups excluding tert-OH is 3. The van der Waals surface area contributed by atoms with Gasteiger partial charge in [0.1, 0.15) is 5.78 Å². The number of hydrogen-bond donors (Lipinski definition) is 4. The molecular formula is C30H50O5. The van der Waals surface area contributed by atoms with E-state index in [4.69, 9.17) is 0 Å². The van der Waals surface area contributed by atoms with E-state index >= 15 is 0 Å². The molecule has 4 aliphatic rings. The van der Waals surface area contributed by atoms with Crippen LogP contribution in [-0.2, 0) is 4.79 Å². The van der Waals surface area contributed by atoms with Gasteiger partial charge in [0.25, 0.3) is 0 Å². The number of allylic oxidation sites excluding steroid dienone is 2. The molecule has 35 heavy (non-hydrogen) atoms. The van der Waals surface area contributed by atoms with Gasteiger partial charge in [0.2, 0.25) is 0 Å². The first kappa shape index (κ1) is 27.3. The molecule has 200 valence electrons. The predicted octanol–water partition coefficient (Wildman–Crippen LogP) is 4.65. The zero-order valence-electron chi connectivity index (χ0n) is 23.3. The second-order valence-electron chi connectivity index (χ2n) is 14.6. The van der Waals surface area contributed by atoms with Crippen LogP contribution in [0.5, 0.6) is 0 Å². The van der Waals surface area contributed by atoms with Crippen LogP contribution in [0.2, 0.25) is 0 Å². The minimum Gasteiger partial charge on any atom is -0.393 e. The van der Waals surface area contributed by atoms with Crippen LogP contribution in [0.1, 0.15) is 100 Å². The van der Waals surface area contributed by atoms with Gasteiger partial charge in [-0.25, -0.2) is 0 Å². The second kappa shape index (κ2) is 8.38. The van der Waals surface area contributed by atoms with Crippen molar-refractivity contribution < 1.29 is 25.2 Å². The maximum atomic E-state index is 14.0. The average Bonchev–Trinajstić information content (AvgIpc) is 3.00. The molecule has 4 N–H and O–H groups in total. The van der Waals surface area contributed by atoms with Gasteiger partial charge in [-0.15, -0.1) is 0 Å². The molecule has 4 fully saturated rings. The molecule has 0 aromatic rings. The van der Waals surface area contributed by atoms with Gasteiger partial charge in [0, 0.05) is 23.7 Å². The average molecular weight is 491 g/mol. The fourth-order valence-corrected chi connectivity index (χ4v) is 10.2. The molecule has 5 heteroatoms. The number of Topliss-reactive ketones (excluding diaryl/α,β-unsaturated/α-hetero) is 1. The van der Waals surface area contributed by atoms with Gasteiger partial charge in [0.05, 0.1) is 23.9 Å². The van der Waals surface area contributed by atoms with Crippen molar-refractivity contribution in [2.75, 3.05) is 0 Å². The summed E-state index contributed by atoms with van der Waals surface area (Å²) in [5.41, 5.74) is -1.75. The standard InChI is InChI=1S/C30H50O5/c1-17(2)10-9-12-29(7,35)18-14-23(34)30(8)24(18)19(31)15-21-27(5)13-11-22(33)26(3,4)25(27)20(32)16-28(21,30)6/h10,18,20-25,32-35H,9,11-16H2,1-8H3/t18-,20-,21+,22-,23-,24-,25-,27+,28+,29-,30+/m0/s1. The van der Waals surface area contributed by atoms with Crippen molar-refractivity contribution in [2.45, 2.75) is 124 Å². The van der Waals surface area contributed by atoms with Gasteiger partial charge in [0.15, 0.2) is 0 Å². The monoisotopic (exact) mass is 490 g/mol. The summed E-state index contributed by atoms with van der Waals surface area (Å²) in [5, 5.41) is 45.8. The second-order valence-corrected chi connectivity index (χ2v) is 14.6. The minimum absolute atomic E-state index is 0.0212. The quantitative estimate of drug-likeness (QED) is 0.430. The summed E-state index contributed by atoms with van der Waals surface area (Å²) in [7, 11) is 0. The summed E-state index contributed by atoms with van der Waals surface area (Å²) in [6.45, 7) is 16.5. The van der Waals surface area contributed by atoms with Crippen molar-refractivity contribution in [1.29, 1.82) is 0 Å². The van der Waals surface area contributed by atoms with E-state index in [1.807, 2.05) is 20.8 Å². The maximum Gasteiger partial charge on any atom is 0.137 e. The van der Waals surface area contributed by atoms with Crippen molar-refractivity contribution in [3.8, 4) is 0 Å². The van der Waals surface area contributed by atoms with E-state index in [0.717, 1.165) is 12.8 Å². The normalized spacial score (nSPS) is 50.5. The van der Waals surface area contributed by atoms with Crippen molar-refractivity contribution in [3.63, 3.8) is 0 Å². The Morgan fingerprint density at radius 3 is 2.31 bits per heavy atom. The Kier molecular flexibility index (Phi) is 6.53. The summed E-state index contributed by atoms with van der Waals surface area (Å²) in [6.07, 6.45) is 4.42. The molecule has 0 saturated heterocycles. The molecule has 0 aliphatic heterocycles. The van der Waals surface area contributed by atoms with Gasteiger partial charge >= 0.3 is 0 Å². The SMILES string of the molecule is CC(C)=CCC[C@](C)(O)[C@H]1C[C@H](O)[C@]2(C)[C@@H]1C(=O)C[C@@H]1[C@@]3(C)CC[C@H](O)C(C)(C)[C@@H]3[C@@H](O)C[C@]12C. The van der Waals surface area contributed by atoms with Crippen LogP contribution in [0.3, 0.4) is 0 Å². The van der Waals surface area contributed by atoms with Crippen molar-refractivity contribution in [3.05, 3.63) is 11.6 Å². The van der Waals surface area contributed by atoms with Gasteiger partial charge in [-0.3, -0.25) is 4.79 Å². The topological polar surface area (TPSA) is 98.0 Å². The molecule has 0 aromatic heterocycles. The fraction of sp³-hybridized carbons (Fsp3) is 0.900. The first-order valence-electron chi connectivity index (χ1n) is 13.9. The number of fused-ring (bicyclic) bond motifs is 5. The third-order valence-electron chi connectivity index (χ3n) is 12.1. The van der Waals surface area contributed by atoms with Crippen molar-refractivity contribution in [1.82, 2.24) is 0 Å². The number of aliphatic hydroxyl groups is 4. The summed E-state index contributed by atoms with van der Waals surface area (Å²) < 4.78 is 0. The Bertz CT molecular complexity index is 887. The Labute approximate surface area is 212 Å². The highest BCUT2D eigenvalue weighted by Gasteiger charge is 2.75. The molecular weight excluding hydrogens is 440 g/mol. The first-order chi connectivity index (χ1) is 15.9. The molecule has 0 amide bonds. The Hall–Kier alpha value is -0.750. The zero-order valence-corrected chi connectivity index (χ0v) is 23.3. The third-order valence-corrected chi connectivity index (χ3v) is 12.1. The molecule has 4 saturated carbocycles. The number of carbonyl (C=O) groups is 1. The fourth-order valence-electron chi connectivity index (χ4n) is 10.2. The van der Waals surface area contributed by atoms with Gasteiger partial charge in [-0.05, 0) is 87.4 Å². The Balaban J connectivity index is 1.75. The smallest absolute Gasteiger partial charge is 0.137 e. The largest absolute Gasteiger partial charge is 0.393 e. The van der Waals surface area contributed by atoms with E-state index in [2.05, 4.69) is 40.7 Å². The highest BCUT2D eigenvalue weighted by molar-refractivity contribution is 5.85. The summed E-state index contributed by atoms with van der Waals surface area (Å²) >= 11 is 0. The lowest BCUT2D eigenvalue weighted by atomic mass is 9.34. The van der Waals surface area contributed by atoms with E-state index in [9.17, 15) is 25.2 Å². The molecule has 0 aromatic carbocycles. The van der Waals surface area contributed by atoms with Crippen LogP contribution in [0.15, 0.2) is 11.6 Å². The Morgan fingerprint density at radius 1 is 1.09 bits per heavy atom. The summed E-state index contributed by atoms with van der Waals surface area (Å²) in [6, 6.07) is 0. The van der Waals surface area contributed by atoms with Crippen LogP contribution in [-0.4, -0.2) is 50.1 Å². The summed E-state index contributed by atoms with van der Waals surface area (Å²) in [5.74, 6) is -0.640. The molecule has 0 bridgehead atoms. The highest BCUT2D eigenvalue weighted by atomic mass is 16.3. The third kappa shape index (κ3) is 3.66. The maximum absolute atomic E-state index is 14.0. The van der Waals surface area contributed by atoms with E-state index in [0.29, 0.717) is 32.1 Å². The molecule has 4 rings (SSSR count). The molecule has 11 atom stereocenters. The molecule has 0 heterocycles. The predicted molar refractivity (Wildman–Crippen MR) is 137 cm³/mol. The molecule has 5 nitrogen and oxygen atoms in total. The van der Waals surface area contributed by atoms with Crippen LogP contribution < -0.4 is 0 Å². The summed E-state index contributed by atoms with van der Waals surface area (Å²) in [4.78, 5) is 14.0. The van der Waals surface area contributed by atoms with Crippen molar-refractivity contribution >= 4 is 5.78 Å². The lowest BCUT2D eigenvalue weighted by Crippen LogP contribution is -2.70. The number of rotatable bonds is 4. The van der Waals surface area contributed by atoms with Crippen LogP contribution >= 0.6 is 0 Å². The van der Waals surface area contributed by atoms with Crippen LogP contribution in [0.25, 0.3) is 0 Å². The van der Waals surface area contributed by atoms with Gasteiger partial charge < -0.3 is 20.4 Å². The van der Waals surface area contributed by atoms with Crippen LogP contribution in [0.4, 0.5) is 0 Å². The number of hydrogen-bond acceptors (Lipinski definition) is 5.